The zero-order valence-electron chi connectivity index (χ0n) is 6.89. The van der Waals surface area contributed by atoms with E-state index in [0.717, 1.165) is 0 Å². The van der Waals surface area contributed by atoms with Crippen LogP contribution in [0.5, 0.6) is 0 Å². The van der Waals surface area contributed by atoms with Crippen molar-refractivity contribution in [2.24, 2.45) is 5.73 Å². The van der Waals surface area contributed by atoms with Gasteiger partial charge < -0.3 is 15.8 Å². The zero-order valence-corrected chi connectivity index (χ0v) is 6.89. The summed E-state index contributed by atoms with van der Waals surface area (Å²) in [5.41, 5.74) is 5.20. The molecule has 0 aliphatic carbocycles. The van der Waals surface area contributed by atoms with Gasteiger partial charge in [0.25, 0.3) is 0 Å². The van der Waals surface area contributed by atoms with Crippen LogP contribution in [0.25, 0.3) is 0 Å². The summed E-state index contributed by atoms with van der Waals surface area (Å²) < 4.78 is 4.74. The summed E-state index contributed by atoms with van der Waals surface area (Å²) in [6.45, 7) is 2.60. The number of rotatable bonds is 4. The van der Waals surface area contributed by atoms with Crippen molar-refractivity contribution in [1.29, 1.82) is 0 Å². The maximum atomic E-state index is 10.5. The number of ether oxygens (including phenoxy) is 1. The Kier molecular flexibility index (Phi) is 5.50. The van der Waals surface area contributed by atoms with E-state index in [-0.39, 0.29) is 6.04 Å². The first-order chi connectivity index (χ1) is 5.20. The molecule has 5 nitrogen and oxygen atoms in total. The smallest absolute Gasteiger partial charge is 0.406 e. The van der Waals surface area contributed by atoms with Crippen molar-refractivity contribution in [2.45, 2.75) is 13.0 Å². The highest BCUT2D eigenvalue weighted by atomic mass is 16.5. The third-order valence-corrected chi connectivity index (χ3v) is 1.13. The maximum absolute atomic E-state index is 10.5. The van der Waals surface area contributed by atoms with Gasteiger partial charge in [0.15, 0.2) is 0 Å². The van der Waals surface area contributed by atoms with Crippen LogP contribution in [0.15, 0.2) is 0 Å². The number of nitrogens with two attached hydrogens (primary N) is 1. The van der Waals surface area contributed by atoms with Gasteiger partial charge in [-0.1, -0.05) is 0 Å². The number of alkyl carbamates (subject to hydrolysis) is 1. The van der Waals surface area contributed by atoms with Gasteiger partial charge in [0.2, 0.25) is 0 Å². The van der Waals surface area contributed by atoms with Gasteiger partial charge in [-0.25, -0.2) is 4.79 Å². The lowest BCUT2D eigenvalue weighted by molar-refractivity contribution is 0.138. The zero-order chi connectivity index (χ0) is 8.69. The fourth-order valence-corrected chi connectivity index (χ4v) is 0.533. The number of carbonyl (C=O) groups excluding carboxylic acids is 1. The van der Waals surface area contributed by atoms with E-state index >= 15 is 0 Å². The third kappa shape index (κ3) is 5.63. The van der Waals surface area contributed by atoms with E-state index in [4.69, 9.17) is 10.5 Å². The SMILES string of the molecule is CNC(=O)OCC(C)NCN. The number of hydrogen-bond acceptors (Lipinski definition) is 4. The summed E-state index contributed by atoms with van der Waals surface area (Å²) >= 11 is 0. The molecule has 0 radical (unpaired) electrons. The Hall–Kier alpha value is -0.810. The quantitative estimate of drug-likeness (QED) is 0.473. The lowest BCUT2D eigenvalue weighted by atomic mass is 10.4. The largest absolute Gasteiger partial charge is 0.448 e. The Morgan fingerprint density at radius 3 is 2.82 bits per heavy atom. The maximum Gasteiger partial charge on any atom is 0.406 e. The van der Waals surface area contributed by atoms with Crippen LogP contribution in [-0.4, -0.2) is 32.5 Å². The lowest BCUT2D eigenvalue weighted by Gasteiger charge is -2.11. The highest BCUT2D eigenvalue weighted by molar-refractivity contribution is 5.66. The minimum Gasteiger partial charge on any atom is -0.448 e. The summed E-state index contributed by atoms with van der Waals surface area (Å²) in [5.74, 6) is 0. The summed E-state index contributed by atoms with van der Waals surface area (Å²) in [7, 11) is 1.52. The Morgan fingerprint density at radius 2 is 2.36 bits per heavy atom. The first kappa shape index (κ1) is 10.2. The van der Waals surface area contributed by atoms with Gasteiger partial charge in [-0.05, 0) is 6.92 Å². The van der Waals surface area contributed by atoms with Gasteiger partial charge in [0.05, 0.1) is 0 Å². The second-order valence-electron chi connectivity index (χ2n) is 2.16. The fraction of sp³-hybridized carbons (Fsp3) is 0.833. The number of carbonyl (C=O) groups is 1. The van der Waals surface area contributed by atoms with E-state index in [1.165, 1.54) is 7.05 Å². The second-order valence-corrected chi connectivity index (χ2v) is 2.16. The van der Waals surface area contributed by atoms with Gasteiger partial charge >= 0.3 is 6.09 Å². The van der Waals surface area contributed by atoms with Crippen molar-refractivity contribution in [1.82, 2.24) is 10.6 Å². The minimum atomic E-state index is -0.421. The first-order valence-electron chi connectivity index (χ1n) is 3.48. The molecule has 5 heteroatoms. The topological polar surface area (TPSA) is 76.4 Å². The van der Waals surface area contributed by atoms with Crippen LogP contribution in [0.1, 0.15) is 6.92 Å². The van der Waals surface area contributed by atoms with Crippen LogP contribution in [0.4, 0.5) is 4.79 Å². The van der Waals surface area contributed by atoms with Gasteiger partial charge in [0.1, 0.15) is 6.61 Å². The average Bonchev–Trinajstić information content (AvgIpc) is 2.01. The van der Waals surface area contributed by atoms with Crippen LogP contribution in [0.3, 0.4) is 0 Å². The molecule has 0 saturated carbocycles. The number of amides is 1. The standard InChI is InChI=1S/C6H15N3O2/c1-5(9-4-7)3-11-6(10)8-2/h5,9H,3-4,7H2,1-2H3,(H,8,10). The van der Waals surface area contributed by atoms with Crippen molar-refractivity contribution >= 4 is 6.09 Å². The van der Waals surface area contributed by atoms with Crippen LogP contribution < -0.4 is 16.4 Å². The fourth-order valence-electron chi connectivity index (χ4n) is 0.533. The third-order valence-electron chi connectivity index (χ3n) is 1.13. The monoisotopic (exact) mass is 161 g/mol. The molecule has 11 heavy (non-hydrogen) atoms. The Labute approximate surface area is 66.3 Å². The Morgan fingerprint density at radius 1 is 1.73 bits per heavy atom. The molecular formula is C6H15N3O2. The molecular weight excluding hydrogens is 146 g/mol. The molecule has 0 heterocycles. The summed E-state index contributed by atoms with van der Waals surface area (Å²) in [4.78, 5) is 10.5. The van der Waals surface area contributed by atoms with Gasteiger partial charge in [-0.3, -0.25) is 5.32 Å². The highest BCUT2D eigenvalue weighted by Gasteiger charge is 2.02. The normalized spacial score (nSPS) is 12.3. The molecule has 0 saturated heterocycles. The molecule has 66 valence electrons. The van der Waals surface area contributed by atoms with Crippen molar-refractivity contribution in [2.75, 3.05) is 20.3 Å². The van der Waals surface area contributed by atoms with E-state index in [9.17, 15) is 4.79 Å². The number of hydrogen-bond donors (Lipinski definition) is 3. The molecule has 1 atom stereocenters. The molecule has 0 aliphatic rings. The van der Waals surface area contributed by atoms with E-state index in [0.29, 0.717) is 13.3 Å². The molecule has 1 amide bonds. The van der Waals surface area contributed by atoms with Crippen molar-refractivity contribution in [3.63, 3.8) is 0 Å². The molecule has 1 unspecified atom stereocenters. The summed E-state index contributed by atoms with van der Waals surface area (Å²) in [5, 5.41) is 5.24. The molecule has 0 aromatic heterocycles. The van der Waals surface area contributed by atoms with Gasteiger partial charge in [-0.2, -0.15) is 0 Å². The molecule has 0 fully saturated rings. The van der Waals surface area contributed by atoms with Crippen LogP contribution in [0, 0.1) is 0 Å². The summed E-state index contributed by atoms with van der Waals surface area (Å²) in [6, 6.07) is 0.0947. The Balaban J connectivity index is 3.29. The van der Waals surface area contributed by atoms with Crippen LogP contribution in [0.2, 0.25) is 0 Å². The van der Waals surface area contributed by atoms with Crippen molar-refractivity contribution in [3.8, 4) is 0 Å². The highest BCUT2D eigenvalue weighted by Crippen LogP contribution is 1.83. The molecule has 0 aromatic rings. The summed E-state index contributed by atoms with van der Waals surface area (Å²) in [6.07, 6.45) is -0.421. The van der Waals surface area contributed by atoms with E-state index in [2.05, 4.69) is 10.6 Å². The average molecular weight is 161 g/mol. The predicted octanol–water partition coefficient (Wildman–Crippen LogP) is -0.763. The molecule has 0 aromatic carbocycles. The first-order valence-corrected chi connectivity index (χ1v) is 3.48. The molecule has 0 bridgehead atoms. The predicted molar refractivity (Wildman–Crippen MR) is 42.1 cm³/mol. The molecule has 0 rings (SSSR count). The van der Waals surface area contributed by atoms with Crippen LogP contribution >= 0.6 is 0 Å². The molecule has 0 aliphatic heterocycles. The Bertz CT molecular complexity index is 118. The lowest BCUT2D eigenvalue weighted by Crippen LogP contribution is -2.36. The molecule has 4 N–H and O–H groups in total. The van der Waals surface area contributed by atoms with Gasteiger partial charge in [-0.15, -0.1) is 0 Å². The molecule has 0 spiro atoms. The second kappa shape index (κ2) is 5.94. The van der Waals surface area contributed by atoms with Crippen LogP contribution in [-0.2, 0) is 4.74 Å². The van der Waals surface area contributed by atoms with E-state index < -0.39 is 6.09 Å². The minimum absolute atomic E-state index is 0.0947. The number of nitrogens with one attached hydrogen (secondary N) is 2. The van der Waals surface area contributed by atoms with E-state index in [1.807, 2.05) is 6.92 Å². The van der Waals surface area contributed by atoms with Crippen molar-refractivity contribution in [3.05, 3.63) is 0 Å². The van der Waals surface area contributed by atoms with Gasteiger partial charge in [0, 0.05) is 19.8 Å². The van der Waals surface area contributed by atoms with E-state index in [1.54, 1.807) is 0 Å². The van der Waals surface area contributed by atoms with Crippen molar-refractivity contribution < 1.29 is 9.53 Å².